The maximum absolute atomic E-state index is 6.75. The number of hydrogen-bond acceptors (Lipinski definition) is 4. The summed E-state index contributed by atoms with van der Waals surface area (Å²) in [6.07, 6.45) is 0. The van der Waals surface area contributed by atoms with E-state index in [1.807, 2.05) is 36.4 Å². The highest BCUT2D eigenvalue weighted by molar-refractivity contribution is 6.27. The fourth-order valence-corrected chi connectivity index (χ4v) is 6.12. The summed E-state index contributed by atoms with van der Waals surface area (Å²) in [6.45, 7) is 0. The van der Waals surface area contributed by atoms with Gasteiger partial charge in [0.05, 0.1) is 16.5 Å². The molecule has 0 fully saturated rings. The van der Waals surface area contributed by atoms with Crippen molar-refractivity contribution in [2.24, 2.45) is 0 Å². The van der Waals surface area contributed by atoms with Gasteiger partial charge < -0.3 is 18.2 Å². The molecule has 0 saturated heterocycles. The van der Waals surface area contributed by atoms with Gasteiger partial charge in [-0.2, -0.15) is 0 Å². The molecule has 3 aromatic heterocycles. The minimum absolute atomic E-state index is 0.795. The second-order valence-corrected chi connectivity index (χ2v) is 10.1. The van der Waals surface area contributed by atoms with Gasteiger partial charge in [-0.05, 0) is 60.7 Å². The molecule has 4 heteroatoms. The molecule has 0 unspecified atom stereocenters. The molecule has 0 aliphatic carbocycles. The first-order valence-electron chi connectivity index (χ1n) is 13.4. The largest absolute Gasteiger partial charge is 0.456 e. The Morgan fingerprint density at radius 3 is 1.62 bits per heavy atom. The lowest BCUT2D eigenvalue weighted by Gasteiger charge is -2.25. The Morgan fingerprint density at radius 2 is 0.925 bits per heavy atom. The molecule has 188 valence electrons. The van der Waals surface area contributed by atoms with Crippen LogP contribution in [0.2, 0.25) is 0 Å². The van der Waals surface area contributed by atoms with Crippen molar-refractivity contribution in [2.45, 2.75) is 0 Å². The molecular formula is C36H21NO3. The fraction of sp³-hybridized carbons (Fsp3) is 0. The Morgan fingerprint density at radius 1 is 0.350 bits per heavy atom. The monoisotopic (exact) mass is 515 g/mol. The van der Waals surface area contributed by atoms with Gasteiger partial charge in [0.2, 0.25) is 0 Å². The standard InChI is InChI=1S/C36H21NO3/c1-3-10-22(11-4-1)37(23-12-5-2-6-13-23)28-16-9-15-27-33-31(39-34(27)28)21-19-25-24-18-20-30-32(35(24)40-36(25)33)26-14-7-8-17-29(26)38-30/h1-21H. The molecule has 0 bridgehead atoms. The van der Waals surface area contributed by atoms with Crippen LogP contribution in [0.25, 0.3) is 65.8 Å². The summed E-state index contributed by atoms with van der Waals surface area (Å²) < 4.78 is 19.5. The molecule has 4 nitrogen and oxygen atoms in total. The van der Waals surface area contributed by atoms with Crippen LogP contribution in [0.1, 0.15) is 0 Å². The van der Waals surface area contributed by atoms with Gasteiger partial charge in [-0.25, -0.2) is 0 Å². The van der Waals surface area contributed by atoms with Crippen LogP contribution in [0, 0.1) is 0 Å². The average molecular weight is 516 g/mol. The number of rotatable bonds is 3. The molecule has 0 aliphatic heterocycles. The van der Waals surface area contributed by atoms with E-state index < -0.39 is 0 Å². The second-order valence-electron chi connectivity index (χ2n) is 10.1. The predicted molar refractivity (Wildman–Crippen MR) is 163 cm³/mol. The molecule has 40 heavy (non-hydrogen) atoms. The zero-order chi connectivity index (χ0) is 26.2. The van der Waals surface area contributed by atoms with Crippen molar-refractivity contribution in [2.75, 3.05) is 4.90 Å². The Bertz CT molecular complexity index is 2340. The molecular weight excluding hydrogens is 494 g/mol. The third-order valence-electron chi connectivity index (χ3n) is 7.85. The number of fused-ring (bicyclic) bond motifs is 11. The second kappa shape index (κ2) is 8.01. The smallest absolute Gasteiger partial charge is 0.159 e. The Labute approximate surface area is 228 Å². The highest BCUT2D eigenvalue weighted by atomic mass is 16.4. The summed E-state index contributed by atoms with van der Waals surface area (Å²) in [5, 5.41) is 6.18. The van der Waals surface area contributed by atoms with Crippen molar-refractivity contribution in [3.8, 4) is 0 Å². The third-order valence-corrected chi connectivity index (χ3v) is 7.85. The molecule has 9 rings (SSSR count). The summed E-state index contributed by atoms with van der Waals surface area (Å²) in [4.78, 5) is 2.24. The molecule has 0 aliphatic rings. The first-order chi connectivity index (χ1) is 19.8. The molecule has 0 atom stereocenters. The van der Waals surface area contributed by atoms with Gasteiger partial charge in [0.25, 0.3) is 0 Å². The van der Waals surface area contributed by atoms with Crippen molar-refractivity contribution >= 4 is 82.9 Å². The van der Waals surface area contributed by atoms with Gasteiger partial charge in [0, 0.05) is 32.9 Å². The van der Waals surface area contributed by atoms with Crippen LogP contribution in [-0.4, -0.2) is 0 Å². The molecule has 6 aromatic carbocycles. The van der Waals surface area contributed by atoms with Crippen LogP contribution in [0.5, 0.6) is 0 Å². The van der Waals surface area contributed by atoms with Gasteiger partial charge in [-0.3, -0.25) is 0 Å². The van der Waals surface area contributed by atoms with Crippen LogP contribution in [-0.2, 0) is 0 Å². The molecule has 9 aromatic rings. The van der Waals surface area contributed by atoms with E-state index in [2.05, 4.69) is 95.9 Å². The molecule has 3 heterocycles. The molecule has 0 N–H and O–H groups in total. The number of benzene rings is 6. The summed E-state index contributed by atoms with van der Waals surface area (Å²) in [6, 6.07) is 43.5. The molecule has 0 saturated carbocycles. The van der Waals surface area contributed by atoms with Crippen LogP contribution in [0.3, 0.4) is 0 Å². The van der Waals surface area contributed by atoms with Crippen molar-refractivity contribution < 1.29 is 13.3 Å². The van der Waals surface area contributed by atoms with E-state index in [9.17, 15) is 0 Å². The number of hydrogen-bond donors (Lipinski definition) is 0. The Balaban J connectivity index is 1.37. The van der Waals surface area contributed by atoms with Crippen molar-refractivity contribution in [1.29, 1.82) is 0 Å². The van der Waals surface area contributed by atoms with E-state index in [1.54, 1.807) is 0 Å². The Kier molecular flexibility index (Phi) is 4.30. The zero-order valence-electron chi connectivity index (χ0n) is 21.3. The molecule has 0 radical (unpaired) electrons. The highest BCUT2D eigenvalue weighted by Crippen LogP contribution is 2.46. The predicted octanol–water partition coefficient (Wildman–Crippen LogP) is 10.9. The van der Waals surface area contributed by atoms with E-state index in [1.165, 1.54) is 0 Å². The topological polar surface area (TPSA) is 42.7 Å². The van der Waals surface area contributed by atoms with Crippen molar-refractivity contribution in [3.63, 3.8) is 0 Å². The Hall–Kier alpha value is -5.48. The van der Waals surface area contributed by atoms with E-state index in [4.69, 9.17) is 13.3 Å². The quantitative estimate of drug-likeness (QED) is 0.235. The first-order valence-corrected chi connectivity index (χ1v) is 13.4. The van der Waals surface area contributed by atoms with Crippen LogP contribution < -0.4 is 4.90 Å². The van der Waals surface area contributed by atoms with E-state index in [0.29, 0.717) is 0 Å². The maximum Gasteiger partial charge on any atom is 0.159 e. The van der Waals surface area contributed by atoms with Crippen molar-refractivity contribution in [3.05, 3.63) is 127 Å². The lowest BCUT2D eigenvalue weighted by Crippen LogP contribution is -2.09. The minimum atomic E-state index is 0.795. The summed E-state index contributed by atoms with van der Waals surface area (Å²) in [7, 11) is 0. The SMILES string of the molecule is c1ccc(N(c2ccccc2)c2cccc3c2oc2ccc4c5ccc6oc7ccccc7c6c5oc4c23)cc1. The van der Waals surface area contributed by atoms with E-state index in [-0.39, 0.29) is 0 Å². The first kappa shape index (κ1) is 21.5. The lowest BCUT2D eigenvalue weighted by atomic mass is 10.1. The van der Waals surface area contributed by atoms with Crippen LogP contribution >= 0.6 is 0 Å². The number of furan rings is 3. The van der Waals surface area contributed by atoms with Gasteiger partial charge in [-0.1, -0.05) is 66.7 Å². The number of nitrogens with zero attached hydrogens (tertiary/aromatic N) is 1. The van der Waals surface area contributed by atoms with Crippen LogP contribution in [0.4, 0.5) is 17.1 Å². The van der Waals surface area contributed by atoms with Gasteiger partial charge >= 0.3 is 0 Å². The average Bonchev–Trinajstić information content (AvgIpc) is 3.69. The summed E-state index contributed by atoms with van der Waals surface area (Å²) in [5.74, 6) is 0. The van der Waals surface area contributed by atoms with Gasteiger partial charge in [0.15, 0.2) is 5.58 Å². The zero-order valence-corrected chi connectivity index (χ0v) is 21.3. The number of anilines is 3. The van der Waals surface area contributed by atoms with Crippen LogP contribution in [0.15, 0.2) is 141 Å². The van der Waals surface area contributed by atoms with Crippen molar-refractivity contribution in [1.82, 2.24) is 0 Å². The van der Waals surface area contributed by atoms with E-state index >= 15 is 0 Å². The summed E-state index contributed by atoms with van der Waals surface area (Å²) in [5.41, 5.74) is 8.05. The fourth-order valence-electron chi connectivity index (χ4n) is 6.12. The van der Waals surface area contributed by atoms with E-state index in [0.717, 1.165) is 82.9 Å². The molecule has 0 amide bonds. The number of para-hydroxylation sites is 4. The minimum Gasteiger partial charge on any atom is -0.456 e. The normalized spacial score (nSPS) is 12.0. The maximum atomic E-state index is 6.75. The lowest BCUT2D eigenvalue weighted by molar-refractivity contribution is 0.661. The molecule has 0 spiro atoms. The summed E-state index contributed by atoms with van der Waals surface area (Å²) >= 11 is 0. The highest BCUT2D eigenvalue weighted by Gasteiger charge is 2.23. The third kappa shape index (κ3) is 2.90. The van der Waals surface area contributed by atoms with Gasteiger partial charge in [0.1, 0.15) is 27.9 Å². The van der Waals surface area contributed by atoms with Gasteiger partial charge in [-0.15, -0.1) is 0 Å².